The molecular formula is C18H19F3N2O3. The van der Waals surface area contributed by atoms with E-state index in [-0.39, 0.29) is 5.75 Å². The van der Waals surface area contributed by atoms with E-state index in [9.17, 15) is 23.3 Å². The van der Waals surface area contributed by atoms with E-state index in [0.29, 0.717) is 11.8 Å². The maximum Gasteiger partial charge on any atom is 0.416 e. The summed E-state index contributed by atoms with van der Waals surface area (Å²) in [4.78, 5) is 12.3. The Morgan fingerprint density at radius 3 is 2.50 bits per heavy atom. The zero-order chi connectivity index (χ0) is 19.3. The number of nitro groups is 1. The number of halogens is 3. The number of benzene rings is 2. The van der Waals surface area contributed by atoms with E-state index in [1.807, 2.05) is 20.2 Å². The molecule has 8 heteroatoms. The van der Waals surface area contributed by atoms with Crippen molar-refractivity contribution in [2.75, 3.05) is 20.6 Å². The molecule has 0 saturated heterocycles. The number of rotatable bonds is 7. The second-order valence-corrected chi connectivity index (χ2v) is 6.09. The predicted octanol–water partition coefficient (Wildman–Crippen LogP) is 4.90. The first-order chi connectivity index (χ1) is 12.2. The van der Waals surface area contributed by atoms with Crippen molar-refractivity contribution >= 4 is 5.69 Å². The molecule has 0 radical (unpaired) electrons. The summed E-state index contributed by atoms with van der Waals surface area (Å²) < 4.78 is 43.7. The molecule has 0 atom stereocenters. The molecule has 2 aromatic carbocycles. The quantitative estimate of drug-likeness (QED) is 0.515. The lowest BCUT2D eigenvalue weighted by atomic mass is 10.1. The van der Waals surface area contributed by atoms with E-state index in [1.165, 1.54) is 0 Å². The Labute approximate surface area is 149 Å². The molecule has 0 aromatic heterocycles. The smallest absolute Gasteiger partial charge is 0.416 e. The Kier molecular flexibility index (Phi) is 6.20. The van der Waals surface area contributed by atoms with Gasteiger partial charge in [-0.25, -0.2) is 0 Å². The third kappa shape index (κ3) is 5.45. The lowest BCUT2D eigenvalue weighted by Crippen LogP contribution is -2.13. The van der Waals surface area contributed by atoms with Gasteiger partial charge in [0.15, 0.2) is 0 Å². The van der Waals surface area contributed by atoms with E-state index < -0.39 is 22.4 Å². The molecule has 2 aromatic rings. The molecule has 0 heterocycles. The number of nitro benzene ring substituents is 1. The topological polar surface area (TPSA) is 55.6 Å². The first-order valence-electron chi connectivity index (χ1n) is 7.94. The molecule has 0 N–H and O–H groups in total. The van der Waals surface area contributed by atoms with Crippen LogP contribution in [0.1, 0.15) is 17.5 Å². The molecule has 0 unspecified atom stereocenters. The molecule has 0 aliphatic carbocycles. The average Bonchev–Trinajstić information content (AvgIpc) is 2.54. The van der Waals surface area contributed by atoms with Crippen LogP contribution in [-0.2, 0) is 12.6 Å². The summed E-state index contributed by atoms with van der Waals surface area (Å²) in [5, 5.41) is 11.1. The predicted molar refractivity (Wildman–Crippen MR) is 91.5 cm³/mol. The Balaban J connectivity index is 2.21. The summed E-state index contributed by atoms with van der Waals surface area (Å²) in [5.74, 6) is 0.114. The summed E-state index contributed by atoms with van der Waals surface area (Å²) in [6.45, 7) is 0.912. The van der Waals surface area contributed by atoms with Crippen LogP contribution in [0.15, 0.2) is 42.5 Å². The van der Waals surface area contributed by atoms with Crippen molar-refractivity contribution in [3.63, 3.8) is 0 Å². The van der Waals surface area contributed by atoms with Crippen LogP contribution in [0.5, 0.6) is 11.5 Å². The maximum absolute atomic E-state index is 12.8. The van der Waals surface area contributed by atoms with Crippen LogP contribution < -0.4 is 4.74 Å². The minimum atomic E-state index is -4.66. The molecule has 26 heavy (non-hydrogen) atoms. The van der Waals surface area contributed by atoms with Crippen molar-refractivity contribution < 1.29 is 22.8 Å². The van der Waals surface area contributed by atoms with Gasteiger partial charge in [-0.05, 0) is 63.3 Å². The number of ether oxygens (including phenoxy) is 1. The van der Waals surface area contributed by atoms with Crippen molar-refractivity contribution in [3.05, 3.63) is 63.7 Å². The van der Waals surface area contributed by atoms with E-state index in [2.05, 4.69) is 4.90 Å². The lowest BCUT2D eigenvalue weighted by molar-refractivity contribution is -0.385. The standard InChI is InChI=1S/C18H19F3N2O3/c1-22(2)10-4-6-13-5-3-7-15(11-13)26-17-9-8-14(18(19,20)21)12-16(17)23(24)25/h3,5,7-9,11-12H,4,6,10H2,1-2H3. The Morgan fingerprint density at radius 2 is 1.88 bits per heavy atom. The summed E-state index contributed by atoms with van der Waals surface area (Å²) in [6.07, 6.45) is -2.93. The number of aryl methyl sites for hydroxylation is 1. The van der Waals surface area contributed by atoms with Crippen LogP contribution in [0.2, 0.25) is 0 Å². The van der Waals surface area contributed by atoms with Gasteiger partial charge in [-0.15, -0.1) is 0 Å². The van der Waals surface area contributed by atoms with E-state index in [0.717, 1.165) is 37.1 Å². The van der Waals surface area contributed by atoms with Gasteiger partial charge >= 0.3 is 11.9 Å². The van der Waals surface area contributed by atoms with Gasteiger partial charge in [0.1, 0.15) is 5.75 Å². The van der Waals surface area contributed by atoms with Gasteiger partial charge in [-0.3, -0.25) is 10.1 Å². The molecule has 0 bridgehead atoms. The second kappa shape index (κ2) is 8.18. The van der Waals surface area contributed by atoms with Gasteiger partial charge in [0.2, 0.25) is 5.75 Å². The Hall–Kier alpha value is -2.61. The molecule has 5 nitrogen and oxygen atoms in total. The summed E-state index contributed by atoms with van der Waals surface area (Å²) in [5.41, 5.74) is -0.828. The van der Waals surface area contributed by atoms with Gasteiger partial charge in [-0.2, -0.15) is 13.2 Å². The zero-order valence-electron chi connectivity index (χ0n) is 14.4. The lowest BCUT2D eigenvalue weighted by Gasteiger charge is -2.11. The van der Waals surface area contributed by atoms with Crippen LogP contribution in [0.25, 0.3) is 0 Å². The molecule has 0 fully saturated rings. The fourth-order valence-corrected chi connectivity index (χ4v) is 2.41. The van der Waals surface area contributed by atoms with Crippen LogP contribution in [0, 0.1) is 10.1 Å². The zero-order valence-corrected chi connectivity index (χ0v) is 14.4. The highest BCUT2D eigenvalue weighted by molar-refractivity contribution is 5.51. The van der Waals surface area contributed by atoms with Crippen molar-refractivity contribution in [1.82, 2.24) is 4.90 Å². The molecule has 140 valence electrons. The number of hydrogen-bond acceptors (Lipinski definition) is 4. The monoisotopic (exact) mass is 368 g/mol. The van der Waals surface area contributed by atoms with Gasteiger partial charge in [0.05, 0.1) is 10.5 Å². The molecule has 0 saturated carbocycles. The third-order valence-corrected chi connectivity index (χ3v) is 3.68. The minimum absolute atomic E-state index is 0.228. The van der Waals surface area contributed by atoms with Gasteiger partial charge < -0.3 is 9.64 Å². The highest BCUT2D eigenvalue weighted by atomic mass is 19.4. The van der Waals surface area contributed by atoms with Crippen molar-refractivity contribution in [2.45, 2.75) is 19.0 Å². The number of hydrogen-bond donors (Lipinski definition) is 0. The highest BCUT2D eigenvalue weighted by Crippen LogP contribution is 2.37. The minimum Gasteiger partial charge on any atom is -0.450 e. The Bertz CT molecular complexity index is 777. The molecule has 0 amide bonds. The largest absolute Gasteiger partial charge is 0.450 e. The van der Waals surface area contributed by atoms with Gasteiger partial charge in [0, 0.05) is 6.07 Å². The normalized spacial score (nSPS) is 11.6. The van der Waals surface area contributed by atoms with Gasteiger partial charge in [-0.1, -0.05) is 12.1 Å². The SMILES string of the molecule is CN(C)CCCc1cccc(Oc2ccc(C(F)(F)F)cc2[N+](=O)[O-])c1. The number of alkyl halides is 3. The third-order valence-electron chi connectivity index (χ3n) is 3.68. The molecule has 0 aliphatic heterocycles. The highest BCUT2D eigenvalue weighted by Gasteiger charge is 2.33. The molecule has 2 rings (SSSR count). The van der Waals surface area contributed by atoms with Crippen molar-refractivity contribution in [2.24, 2.45) is 0 Å². The molecule has 0 aliphatic rings. The second-order valence-electron chi connectivity index (χ2n) is 6.09. The fourth-order valence-electron chi connectivity index (χ4n) is 2.41. The van der Waals surface area contributed by atoms with Crippen molar-refractivity contribution in [1.29, 1.82) is 0 Å². The fraction of sp³-hybridized carbons (Fsp3) is 0.333. The summed E-state index contributed by atoms with van der Waals surface area (Å²) in [6, 6.07) is 9.22. The molecule has 0 spiro atoms. The number of nitrogens with zero attached hydrogens (tertiary/aromatic N) is 2. The summed E-state index contributed by atoms with van der Waals surface area (Å²) in [7, 11) is 3.95. The Morgan fingerprint density at radius 1 is 1.15 bits per heavy atom. The van der Waals surface area contributed by atoms with Crippen molar-refractivity contribution in [3.8, 4) is 11.5 Å². The first kappa shape index (κ1) is 19.7. The van der Waals surface area contributed by atoms with E-state index in [1.54, 1.807) is 18.2 Å². The molecular weight excluding hydrogens is 349 g/mol. The van der Waals surface area contributed by atoms with Crippen LogP contribution in [-0.4, -0.2) is 30.5 Å². The van der Waals surface area contributed by atoms with E-state index in [4.69, 9.17) is 4.74 Å². The van der Waals surface area contributed by atoms with E-state index >= 15 is 0 Å². The summed E-state index contributed by atoms with van der Waals surface area (Å²) >= 11 is 0. The van der Waals surface area contributed by atoms with Gasteiger partial charge in [0.25, 0.3) is 0 Å². The van der Waals surface area contributed by atoms with Crippen LogP contribution >= 0.6 is 0 Å². The maximum atomic E-state index is 12.8. The van der Waals surface area contributed by atoms with Crippen LogP contribution in [0.4, 0.5) is 18.9 Å². The van der Waals surface area contributed by atoms with Crippen LogP contribution in [0.3, 0.4) is 0 Å². The average molecular weight is 368 g/mol. The first-order valence-corrected chi connectivity index (χ1v) is 7.94.